The number of hydrogen-bond donors (Lipinski definition) is 1. The molecule has 2 heterocycles. The summed E-state index contributed by atoms with van der Waals surface area (Å²) in [4.78, 5) is 28.4. The van der Waals surface area contributed by atoms with Gasteiger partial charge in [-0.3, -0.25) is 14.7 Å². The third kappa shape index (κ3) is 8.97. The maximum absolute atomic E-state index is 15.0. The van der Waals surface area contributed by atoms with Gasteiger partial charge in [0.15, 0.2) is 11.6 Å². The lowest BCUT2D eigenvalue weighted by molar-refractivity contribution is 0.0965. The van der Waals surface area contributed by atoms with Crippen LogP contribution in [0.2, 0.25) is 5.02 Å². The molecule has 0 radical (unpaired) electrons. The lowest BCUT2D eigenvalue weighted by Gasteiger charge is -2.36. The molecule has 0 saturated carbocycles. The van der Waals surface area contributed by atoms with Gasteiger partial charge in [0.2, 0.25) is 5.95 Å². The number of hydrogen-bond acceptors (Lipinski definition) is 8. The molecular weight excluding hydrogens is 638 g/mol. The van der Waals surface area contributed by atoms with Gasteiger partial charge in [-0.2, -0.15) is 4.98 Å². The minimum absolute atomic E-state index is 0.0909. The van der Waals surface area contributed by atoms with Crippen LogP contribution in [0.1, 0.15) is 36.1 Å². The summed E-state index contributed by atoms with van der Waals surface area (Å²) in [6, 6.07) is 14.5. The Bertz CT molecular complexity index is 1730. The zero-order valence-corrected chi connectivity index (χ0v) is 28.7. The van der Waals surface area contributed by atoms with Gasteiger partial charge in [0.25, 0.3) is 0 Å². The number of carbonyl (C=O) groups is 1. The van der Waals surface area contributed by atoms with Crippen LogP contribution >= 0.6 is 11.6 Å². The molecule has 0 aliphatic carbocycles. The molecule has 9 nitrogen and oxygen atoms in total. The standard InChI is InChI=1S/C36H41ClF2N6O3/c1-23(2)44-14-12-43(13-15-44)16-17-47-32-9-7-29(21-31(32)39)41-35-40-11-10-33(42-35)45(22-27-20-28(37)6-8-30(27)38)36(46)48-34-25(4)18-24(3)19-26(34)5/h6-11,18-21,23H,12-17,22H2,1-5H3,(H,40,41,42). The number of nitrogens with zero attached hydrogens (tertiary/aromatic N) is 5. The zero-order valence-electron chi connectivity index (χ0n) is 27.9. The van der Waals surface area contributed by atoms with Crippen molar-refractivity contribution in [3.8, 4) is 11.5 Å². The topological polar surface area (TPSA) is 83.1 Å². The third-order valence-corrected chi connectivity index (χ3v) is 8.49. The van der Waals surface area contributed by atoms with Crippen molar-refractivity contribution < 1.29 is 23.0 Å². The van der Waals surface area contributed by atoms with Crippen LogP contribution in [0.15, 0.2) is 60.8 Å². The molecule has 0 atom stereocenters. The molecule has 1 aromatic heterocycles. The summed E-state index contributed by atoms with van der Waals surface area (Å²) >= 11 is 6.15. The molecule has 5 rings (SSSR count). The Morgan fingerprint density at radius 1 is 0.979 bits per heavy atom. The van der Waals surface area contributed by atoms with Gasteiger partial charge in [0.1, 0.15) is 24.0 Å². The van der Waals surface area contributed by atoms with Crippen LogP contribution in [0.5, 0.6) is 11.5 Å². The van der Waals surface area contributed by atoms with Gasteiger partial charge in [-0.05, 0) is 82.1 Å². The number of nitrogens with one attached hydrogen (secondary N) is 1. The highest BCUT2D eigenvalue weighted by molar-refractivity contribution is 6.30. The average molecular weight is 679 g/mol. The number of piperazine rings is 1. The lowest BCUT2D eigenvalue weighted by Crippen LogP contribution is -2.49. The highest BCUT2D eigenvalue weighted by atomic mass is 35.5. The van der Waals surface area contributed by atoms with E-state index in [1.54, 1.807) is 12.1 Å². The largest absolute Gasteiger partial charge is 0.489 e. The van der Waals surface area contributed by atoms with Crippen molar-refractivity contribution >= 4 is 35.1 Å². The fourth-order valence-corrected chi connectivity index (χ4v) is 5.91. The summed E-state index contributed by atoms with van der Waals surface area (Å²) in [6.07, 6.45) is 0.666. The van der Waals surface area contributed by atoms with Crippen LogP contribution in [0.4, 0.5) is 31.0 Å². The Balaban J connectivity index is 1.29. The van der Waals surface area contributed by atoms with Gasteiger partial charge >= 0.3 is 6.09 Å². The first-order chi connectivity index (χ1) is 23.0. The van der Waals surface area contributed by atoms with Crippen molar-refractivity contribution in [2.45, 2.75) is 47.2 Å². The molecule has 0 unspecified atom stereocenters. The Kier molecular flexibility index (Phi) is 11.5. The van der Waals surface area contributed by atoms with Crippen LogP contribution in [-0.4, -0.2) is 71.2 Å². The SMILES string of the molecule is Cc1cc(C)c(OC(=O)N(Cc2cc(Cl)ccc2F)c2ccnc(Nc3ccc(OCCN4CCN(C(C)C)CC4)c(F)c3)n2)c(C)c1. The highest BCUT2D eigenvalue weighted by Crippen LogP contribution is 2.28. The van der Waals surface area contributed by atoms with Gasteiger partial charge < -0.3 is 14.8 Å². The molecule has 1 fully saturated rings. The van der Waals surface area contributed by atoms with Gasteiger partial charge in [0.05, 0.1) is 6.54 Å². The average Bonchev–Trinajstić information content (AvgIpc) is 3.04. The Morgan fingerprint density at radius 2 is 1.71 bits per heavy atom. The third-order valence-electron chi connectivity index (χ3n) is 8.26. The lowest BCUT2D eigenvalue weighted by atomic mass is 10.1. The Morgan fingerprint density at radius 3 is 2.40 bits per heavy atom. The maximum atomic E-state index is 15.0. The van der Waals surface area contributed by atoms with Gasteiger partial charge in [-0.15, -0.1) is 0 Å². The zero-order chi connectivity index (χ0) is 34.4. The molecule has 4 aromatic rings. The van der Waals surface area contributed by atoms with E-state index in [1.807, 2.05) is 32.9 Å². The molecule has 0 bridgehead atoms. The fraction of sp³-hybridized carbons (Fsp3) is 0.361. The van der Waals surface area contributed by atoms with Gasteiger partial charge in [-0.1, -0.05) is 29.3 Å². The predicted molar refractivity (Wildman–Crippen MR) is 185 cm³/mol. The predicted octanol–water partition coefficient (Wildman–Crippen LogP) is 7.69. The number of amides is 1. The van der Waals surface area contributed by atoms with Crippen molar-refractivity contribution in [2.24, 2.45) is 0 Å². The second kappa shape index (κ2) is 15.7. The van der Waals surface area contributed by atoms with E-state index in [0.29, 0.717) is 35.7 Å². The van der Waals surface area contributed by atoms with Crippen LogP contribution < -0.4 is 19.7 Å². The number of rotatable bonds is 11. The molecule has 1 aliphatic rings. The van der Waals surface area contributed by atoms with E-state index in [2.05, 4.69) is 38.9 Å². The van der Waals surface area contributed by atoms with Crippen molar-refractivity contribution in [3.63, 3.8) is 0 Å². The van der Waals surface area contributed by atoms with Gasteiger partial charge in [0, 0.05) is 67.3 Å². The first-order valence-corrected chi connectivity index (χ1v) is 16.3. The molecule has 12 heteroatoms. The normalized spacial score (nSPS) is 13.9. The van der Waals surface area contributed by atoms with Crippen molar-refractivity contribution in [1.82, 2.24) is 19.8 Å². The van der Waals surface area contributed by atoms with Crippen LogP contribution in [0.3, 0.4) is 0 Å². The summed E-state index contributed by atoms with van der Waals surface area (Å²) < 4.78 is 41.5. The molecule has 254 valence electrons. The van der Waals surface area contributed by atoms with Crippen LogP contribution in [0, 0.1) is 32.4 Å². The summed E-state index contributed by atoms with van der Waals surface area (Å²) in [6.45, 7) is 14.9. The number of anilines is 3. The molecule has 1 N–H and O–H groups in total. The summed E-state index contributed by atoms with van der Waals surface area (Å²) in [7, 11) is 0. The Hall–Kier alpha value is -4.32. The van der Waals surface area contributed by atoms with E-state index < -0.39 is 17.7 Å². The van der Waals surface area contributed by atoms with E-state index in [9.17, 15) is 9.18 Å². The van der Waals surface area contributed by atoms with E-state index >= 15 is 4.39 Å². The summed E-state index contributed by atoms with van der Waals surface area (Å²) in [5, 5.41) is 3.29. The van der Waals surface area contributed by atoms with E-state index in [4.69, 9.17) is 21.1 Å². The molecule has 1 amide bonds. The van der Waals surface area contributed by atoms with Crippen molar-refractivity contribution in [2.75, 3.05) is 49.5 Å². The molecule has 1 aliphatic heterocycles. The van der Waals surface area contributed by atoms with Crippen molar-refractivity contribution in [1.29, 1.82) is 0 Å². The first kappa shape index (κ1) is 35.0. The number of benzene rings is 3. The van der Waals surface area contributed by atoms with E-state index in [0.717, 1.165) is 42.9 Å². The van der Waals surface area contributed by atoms with E-state index in [-0.39, 0.29) is 29.6 Å². The maximum Gasteiger partial charge on any atom is 0.421 e. The monoisotopic (exact) mass is 678 g/mol. The molecule has 3 aromatic carbocycles. The van der Waals surface area contributed by atoms with Gasteiger partial charge in [-0.25, -0.2) is 18.6 Å². The number of carbonyl (C=O) groups excluding carboxylic acids is 1. The van der Waals surface area contributed by atoms with Crippen LogP contribution in [0.25, 0.3) is 0 Å². The second-order valence-electron chi connectivity index (χ2n) is 12.2. The second-order valence-corrected chi connectivity index (χ2v) is 12.7. The minimum atomic E-state index is -0.775. The van der Waals surface area contributed by atoms with E-state index in [1.165, 1.54) is 41.4 Å². The van der Waals surface area contributed by atoms with Crippen LogP contribution in [-0.2, 0) is 6.54 Å². The molecular formula is C36H41ClF2N6O3. The Labute approximate surface area is 285 Å². The number of halogens is 3. The highest BCUT2D eigenvalue weighted by Gasteiger charge is 2.24. The minimum Gasteiger partial charge on any atom is -0.489 e. The first-order valence-electron chi connectivity index (χ1n) is 16.0. The quantitative estimate of drug-likeness (QED) is 0.173. The smallest absolute Gasteiger partial charge is 0.421 e. The summed E-state index contributed by atoms with van der Waals surface area (Å²) in [5.74, 6) is -0.302. The molecule has 0 spiro atoms. The number of aryl methyl sites for hydroxylation is 3. The fourth-order valence-electron chi connectivity index (χ4n) is 5.72. The van der Waals surface area contributed by atoms with Crippen molar-refractivity contribution in [3.05, 3.63) is 99.7 Å². The summed E-state index contributed by atoms with van der Waals surface area (Å²) in [5.41, 5.74) is 3.13. The molecule has 48 heavy (non-hydrogen) atoms. The number of ether oxygens (including phenoxy) is 2. The number of aromatic nitrogens is 2. The molecule has 1 saturated heterocycles.